The predicted octanol–water partition coefficient (Wildman–Crippen LogP) is -0.104. The van der Waals surface area contributed by atoms with Crippen LogP contribution in [0.3, 0.4) is 0 Å². The zero-order valence-corrected chi connectivity index (χ0v) is 13.0. The standard InChI is InChI=1S/C11H14BrN3O4S/c1-8(12)11(17)15-14-10(16)7-13-20(18,19)9-5-3-2-4-6-9/h2-6,8,13H,7H2,1H3,(H,14,16)(H,15,17)/t8-/m0/s1. The van der Waals surface area contributed by atoms with E-state index in [2.05, 4.69) is 31.5 Å². The molecule has 0 saturated carbocycles. The number of amides is 2. The van der Waals surface area contributed by atoms with E-state index in [4.69, 9.17) is 0 Å². The molecule has 0 bridgehead atoms. The average molecular weight is 364 g/mol. The summed E-state index contributed by atoms with van der Waals surface area (Å²) in [5, 5.41) is 0. The number of hydrazine groups is 1. The van der Waals surface area contributed by atoms with Gasteiger partial charge in [0.2, 0.25) is 10.0 Å². The van der Waals surface area contributed by atoms with Crippen LogP contribution in [0.15, 0.2) is 35.2 Å². The summed E-state index contributed by atoms with van der Waals surface area (Å²) in [7, 11) is -3.74. The van der Waals surface area contributed by atoms with Crippen LogP contribution in [0.4, 0.5) is 0 Å². The van der Waals surface area contributed by atoms with Crippen molar-refractivity contribution in [2.75, 3.05) is 6.54 Å². The lowest BCUT2D eigenvalue weighted by Crippen LogP contribution is -2.48. The van der Waals surface area contributed by atoms with Gasteiger partial charge in [0.15, 0.2) is 0 Å². The van der Waals surface area contributed by atoms with E-state index in [1.807, 2.05) is 0 Å². The van der Waals surface area contributed by atoms with Gasteiger partial charge in [-0.2, -0.15) is 0 Å². The second-order valence-corrected chi connectivity index (χ2v) is 6.93. The first-order valence-electron chi connectivity index (χ1n) is 5.60. The molecule has 1 aromatic carbocycles. The van der Waals surface area contributed by atoms with Crippen LogP contribution in [0.5, 0.6) is 0 Å². The summed E-state index contributed by atoms with van der Waals surface area (Å²) in [6.45, 7) is 1.10. The van der Waals surface area contributed by atoms with Gasteiger partial charge in [-0.15, -0.1) is 0 Å². The third-order valence-corrected chi connectivity index (χ3v) is 4.00. The Morgan fingerprint density at radius 2 is 1.80 bits per heavy atom. The molecule has 0 radical (unpaired) electrons. The van der Waals surface area contributed by atoms with E-state index in [-0.39, 0.29) is 4.90 Å². The van der Waals surface area contributed by atoms with Crippen LogP contribution >= 0.6 is 15.9 Å². The number of hydrogen-bond acceptors (Lipinski definition) is 4. The molecule has 110 valence electrons. The molecule has 9 heteroatoms. The normalized spacial score (nSPS) is 12.5. The topological polar surface area (TPSA) is 104 Å². The minimum Gasteiger partial charge on any atom is -0.272 e. The molecular weight excluding hydrogens is 350 g/mol. The molecule has 20 heavy (non-hydrogen) atoms. The maximum atomic E-state index is 11.8. The molecule has 0 aliphatic rings. The van der Waals surface area contributed by atoms with E-state index in [1.54, 1.807) is 25.1 Å². The molecule has 0 aliphatic carbocycles. The number of benzene rings is 1. The summed E-state index contributed by atoms with van der Waals surface area (Å²) in [4.78, 5) is 22.1. The molecule has 3 N–H and O–H groups in total. The molecule has 1 atom stereocenters. The molecule has 0 fully saturated rings. The van der Waals surface area contributed by atoms with Gasteiger partial charge in [0.1, 0.15) is 0 Å². The van der Waals surface area contributed by atoms with Crippen molar-refractivity contribution in [3.8, 4) is 0 Å². The zero-order valence-electron chi connectivity index (χ0n) is 10.6. The van der Waals surface area contributed by atoms with Gasteiger partial charge in [-0.05, 0) is 19.1 Å². The molecule has 2 amide bonds. The highest BCUT2D eigenvalue weighted by Gasteiger charge is 2.15. The number of rotatable bonds is 5. The van der Waals surface area contributed by atoms with E-state index >= 15 is 0 Å². The van der Waals surface area contributed by atoms with Crippen molar-refractivity contribution in [2.24, 2.45) is 0 Å². The highest BCUT2D eigenvalue weighted by atomic mass is 79.9. The summed E-state index contributed by atoms with van der Waals surface area (Å²) in [5.41, 5.74) is 4.23. The quantitative estimate of drug-likeness (QED) is 0.501. The first-order chi connectivity index (χ1) is 9.33. The fraction of sp³-hybridized carbons (Fsp3) is 0.273. The fourth-order valence-electron chi connectivity index (χ4n) is 1.12. The molecule has 1 aromatic rings. The van der Waals surface area contributed by atoms with Gasteiger partial charge in [-0.1, -0.05) is 34.1 Å². The third-order valence-electron chi connectivity index (χ3n) is 2.16. The van der Waals surface area contributed by atoms with E-state index < -0.39 is 33.2 Å². The van der Waals surface area contributed by atoms with Gasteiger partial charge in [0.25, 0.3) is 11.8 Å². The zero-order chi connectivity index (χ0) is 15.2. The third kappa shape index (κ3) is 5.27. The SMILES string of the molecule is C[C@H](Br)C(=O)NNC(=O)CNS(=O)(=O)c1ccccc1. The maximum absolute atomic E-state index is 11.8. The van der Waals surface area contributed by atoms with Crippen LogP contribution in [-0.2, 0) is 19.6 Å². The van der Waals surface area contributed by atoms with E-state index in [9.17, 15) is 18.0 Å². The Morgan fingerprint density at radius 3 is 2.35 bits per heavy atom. The largest absolute Gasteiger partial charge is 0.272 e. The van der Waals surface area contributed by atoms with E-state index in [1.165, 1.54) is 12.1 Å². The van der Waals surface area contributed by atoms with Crippen LogP contribution in [0.25, 0.3) is 0 Å². The van der Waals surface area contributed by atoms with Crippen LogP contribution in [0, 0.1) is 0 Å². The highest BCUT2D eigenvalue weighted by molar-refractivity contribution is 9.10. The number of nitrogens with one attached hydrogen (secondary N) is 3. The molecule has 0 unspecified atom stereocenters. The van der Waals surface area contributed by atoms with Crippen molar-refractivity contribution in [1.82, 2.24) is 15.6 Å². The van der Waals surface area contributed by atoms with Gasteiger partial charge < -0.3 is 0 Å². The van der Waals surface area contributed by atoms with Crippen LogP contribution in [-0.4, -0.2) is 31.6 Å². The second-order valence-electron chi connectivity index (χ2n) is 3.79. The van der Waals surface area contributed by atoms with Crippen LogP contribution in [0.1, 0.15) is 6.92 Å². The smallest absolute Gasteiger partial charge is 0.253 e. The Balaban J connectivity index is 2.47. The number of sulfonamides is 1. The summed E-state index contributed by atoms with van der Waals surface area (Å²) in [6.07, 6.45) is 0. The molecule has 0 spiro atoms. The summed E-state index contributed by atoms with van der Waals surface area (Å²) >= 11 is 3.02. The molecule has 0 aliphatic heterocycles. The summed E-state index contributed by atoms with van der Waals surface area (Å²) in [5.74, 6) is -1.12. The maximum Gasteiger partial charge on any atom is 0.253 e. The van der Waals surface area contributed by atoms with Crippen molar-refractivity contribution < 1.29 is 18.0 Å². The summed E-state index contributed by atoms with van der Waals surface area (Å²) < 4.78 is 25.7. The highest BCUT2D eigenvalue weighted by Crippen LogP contribution is 2.06. The number of carbonyl (C=O) groups is 2. The molecule has 0 saturated heterocycles. The Bertz CT molecular complexity index is 575. The molecule has 0 aromatic heterocycles. The minimum atomic E-state index is -3.74. The van der Waals surface area contributed by atoms with Crippen molar-refractivity contribution in [3.05, 3.63) is 30.3 Å². The van der Waals surface area contributed by atoms with E-state index in [0.717, 1.165) is 0 Å². The molecule has 1 rings (SSSR count). The first-order valence-corrected chi connectivity index (χ1v) is 8.00. The monoisotopic (exact) mass is 363 g/mol. The Morgan fingerprint density at radius 1 is 1.20 bits per heavy atom. The number of halogens is 1. The van der Waals surface area contributed by atoms with Crippen LogP contribution < -0.4 is 15.6 Å². The average Bonchev–Trinajstić information content (AvgIpc) is 2.43. The Kier molecular flexibility index (Phi) is 6.11. The summed E-state index contributed by atoms with van der Waals surface area (Å²) in [6, 6.07) is 7.66. The molecule has 0 heterocycles. The van der Waals surface area contributed by atoms with Gasteiger partial charge in [0.05, 0.1) is 16.3 Å². The molecular formula is C11H14BrN3O4S. The lowest BCUT2D eigenvalue weighted by Gasteiger charge is -2.09. The van der Waals surface area contributed by atoms with E-state index in [0.29, 0.717) is 0 Å². The lowest BCUT2D eigenvalue weighted by molar-refractivity contribution is -0.127. The number of carbonyl (C=O) groups excluding carboxylic acids is 2. The minimum absolute atomic E-state index is 0.0610. The van der Waals surface area contributed by atoms with Gasteiger partial charge in [-0.25, -0.2) is 13.1 Å². The second kappa shape index (κ2) is 7.36. The first kappa shape index (κ1) is 16.6. The van der Waals surface area contributed by atoms with Crippen molar-refractivity contribution in [3.63, 3.8) is 0 Å². The van der Waals surface area contributed by atoms with Crippen molar-refractivity contribution in [1.29, 1.82) is 0 Å². The lowest BCUT2D eigenvalue weighted by atomic mass is 10.4. The Labute approximate surface area is 125 Å². The Hall–Kier alpha value is -1.45. The number of hydrogen-bond donors (Lipinski definition) is 3. The predicted molar refractivity (Wildman–Crippen MR) is 76.3 cm³/mol. The molecule has 7 nitrogen and oxygen atoms in total. The van der Waals surface area contributed by atoms with Gasteiger partial charge >= 0.3 is 0 Å². The van der Waals surface area contributed by atoms with Crippen molar-refractivity contribution >= 4 is 37.8 Å². The van der Waals surface area contributed by atoms with Gasteiger partial charge in [0, 0.05) is 0 Å². The van der Waals surface area contributed by atoms with Gasteiger partial charge in [-0.3, -0.25) is 20.4 Å². The van der Waals surface area contributed by atoms with Crippen molar-refractivity contribution in [2.45, 2.75) is 16.6 Å². The van der Waals surface area contributed by atoms with Crippen LogP contribution in [0.2, 0.25) is 0 Å². The fourth-order valence-corrected chi connectivity index (χ4v) is 2.24. The number of alkyl halides is 1.